The second-order valence-electron chi connectivity index (χ2n) is 8.17. The minimum absolute atomic E-state index is 0. The standard InChI is InChI=1S/C23H37FN6O2.HI/c1-3-25-22(27-20-9-12-30(13-10-20)23(31)32-4-2)26-11-14-28-15-17-29(18-16-28)21-7-5-19(24)6-8-21;/h5-8,20H,3-4,9-18H2,1-2H3,(H2,25,26,27);1H. The normalized spacial score (nSPS) is 18.0. The van der Waals surface area contributed by atoms with Crippen LogP contribution in [0.3, 0.4) is 0 Å². The van der Waals surface area contributed by atoms with Gasteiger partial charge in [0.2, 0.25) is 0 Å². The number of anilines is 1. The van der Waals surface area contributed by atoms with E-state index in [-0.39, 0.29) is 35.9 Å². The van der Waals surface area contributed by atoms with E-state index >= 15 is 0 Å². The minimum atomic E-state index is -0.217. The molecule has 0 atom stereocenters. The average Bonchev–Trinajstić information content (AvgIpc) is 2.81. The molecular weight excluding hydrogens is 538 g/mol. The van der Waals surface area contributed by atoms with Crippen LogP contribution in [0.1, 0.15) is 26.7 Å². The number of nitrogens with zero attached hydrogens (tertiary/aromatic N) is 4. The van der Waals surface area contributed by atoms with Crippen molar-refractivity contribution >= 4 is 41.7 Å². The van der Waals surface area contributed by atoms with Crippen molar-refractivity contribution in [3.8, 4) is 0 Å². The van der Waals surface area contributed by atoms with Crippen molar-refractivity contribution in [2.24, 2.45) is 4.99 Å². The molecule has 0 spiro atoms. The van der Waals surface area contributed by atoms with Crippen molar-refractivity contribution in [1.82, 2.24) is 20.4 Å². The van der Waals surface area contributed by atoms with Crippen molar-refractivity contribution in [2.45, 2.75) is 32.7 Å². The Hall–Kier alpha value is -1.82. The van der Waals surface area contributed by atoms with Crippen LogP contribution in [0.2, 0.25) is 0 Å². The lowest BCUT2D eigenvalue weighted by atomic mass is 10.1. The smallest absolute Gasteiger partial charge is 0.409 e. The summed E-state index contributed by atoms with van der Waals surface area (Å²) < 4.78 is 18.2. The number of carbonyl (C=O) groups is 1. The van der Waals surface area contributed by atoms with Crippen LogP contribution in [0.4, 0.5) is 14.9 Å². The van der Waals surface area contributed by atoms with Crippen molar-refractivity contribution in [3.63, 3.8) is 0 Å². The molecule has 0 bridgehead atoms. The Balaban J connectivity index is 0.00000385. The molecule has 0 saturated carbocycles. The number of benzene rings is 1. The number of piperazine rings is 1. The Morgan fingerprint density at radius 2 is 1.76 bits per heavy atom. The third-order valence-electron chi connectivity index (χ3n) is 5.96. The van der Waals surface area contributed by atoms with Gasteiger partial charge in [-0.25, -0.2) is 9.18 Å². The number of carbonyl (C=O) groups excluding carboxylic acids is 1. The third kappa shape index (κ3) is 8.80. The number of halogens is 2. The first-order chi connectivity index (χ1) is 15.6. The van der Waals surface area contributed by atoms with Gasteiger partial charge in [0.1, 0.15) is 5.82 Å². The van der Waals surface area contributed by atoms with E-state index in [2.05, 4.69) is 27.4 Å². The van der Waals surface area contributed by atoms with Gasteiger partial charge in [0.05, 0.1) is 13.2 Å². The van der Waals surface area contributed by atoms with Gasteiger partial charge in [-0.3, -0.25) is 9.89 Å². The third-order valence-corrected chi connectivity index (χ3v) is 5.96. The molecule has 2 aliphatic heterocycles. The zero-order valence-corrected chi connectivity index (χ0v) is 22.1. The maximum Gasteiger partial charge on any atom is 0.409 e. The minimum Gasteiger partial charge on any atom is -0.450 e. The van der Waals surface area contributed by atoms with Crippen LogP contribution in [0.25, 0.3) is 0 Å². The molecule has 3 rings (SSSR count). The molecule has 10 heteroatoms. The Labute approximate surface area is 213 Å². The number of likely N-dealkylation sites (tertiary alicyclic amines) is 1. The summed E-state index contributed by atoms with van der Waals surface area (Å²) in [7, 11) is 0. The van der Waals surface area contributed by atoms with Crippen LogP contribution < -0.4 is 15.5 Å². The van der Waals surface area contributed by atoms with E-state index in [9.17, 15) is 9.18 Å². The predicted octanol–water partition coefficient (Wildman–Crippen LogP) is 2.74. The largest absolute Gasteiger partial charge is 0.450 e. The quantitative estimate of drug-likeness (QED) is 0.296. The molecule has 0 aromatic heterocycles. The fourth-order valence-electron chi connectivity index (χ4n) is 4.12. The summed E-state index contributed by atoms with van der Waals surface area (Å²) in [6, 6.07) is 7.04. The van der Waals surface area contributed by atoms with Crippen molar-refractivity contribution in [3.05, 3.63) is 30.1 Å². The topological polar surface area (TPSA) is 72.4 Å². The first-order valence-corrected chi connectivity index (χ1v) is 11.8. The van der Waals surface area contributed by atoms with Gasteiger partial charge in [-0.2, -0.15) is 0 Å². The number of rotatable bonds is 7. The highest BCUT2D eigenvalue weighted by Crippen LogP contribution is 2.17. The summed E-state index contributed by atoms with van der Waals surface area (Å²) in [5.74, 6) is 0.645. The summed E-state index contributed by atoms with van der Waals surface area (Å²) in [4.78, 5) is 23.1. The zero-order valence-electron chi connectivity index (χ0n) is 19.8. The highest BCUT2D eigenvalue weighted by Gasteiger charge is 2.24. The van der Waals surface area contributed by atoms with E-state index in [4.69, 9.17) is 9.73 Å². The molecule has 1 aromatic rings. The maximum atomic E-state index is 13.1. The average molecular weight is 576 g/mol. The molecule has 2 saturated heterocycles. The number of nitrogens with one attached hydrogen (secondary N) is 2. The Morgan fingerprint density at radius 1 is 1.09 bits per heavy atom. The fraction of sp³-hybridized carbons (Fsp3) is 0.652. The van der Waals surface area contributed by atoms with Crippen LogP contribution in [-0.4, -0.2) is 93.4 Å². The highest BCUT2D eigenvalue weighted by molar-refractivity contribution is 14.0. The Bertz CT molecular complexity index is 735. The van der Waals surface area contributed by atoms with Gasteiger partial charge in [0.25, 0.3) is 0 Å². The molecule has 33 heavy (non-hydrogen) atoms. The molecule has 0 radical (unpaired) electrons. The Morgan fingerprint density at radius 3 is 2.36 bits per heavy atom. The SMILES string of the molecule is CCNC(=NCCN1CCN(c2ccc(F)cc2)CC1)NC1CCN(C(=O)OCC)CC1.I. The molecular formula is C23H38FIN6O2. The highest BCUT2D eigenvalue weighted by atomic mass is 127. The van der Waals surface area contributed by atoms with Gasteiger partial charge in [-0.1, -0.05) is 0 Å². The van der Waals surface area contributed by atoms with Crippen molar-refractivity contribution < 1.29 is 13.9 Å². The summed E-state index contributed by atoms with van der Waals surface area (Å²) in [5.41, 5.74) is 1.08. The molecule has 8 nitrogen and oxygen atoms in total. The second kappa shape index (κ2) is 14.4. The molecule has 0 unspecified atom stereocenters. The van der Waals surface area contributed by atoms with Crippen molar-refractivity contribution in [2.75, 3.05) is 70.4 Å². The van der Waals surface area contributed by atoms with Gasteiger partial charge >= 0.3 is 6.09 Å². The first-order valence-electron chi connectivity index (χ1n) is 11.8. The molecule has 0 aliphatic carbocycles. The van der Waals surface area contributed by atoms with Gasteiger partial charge in [-0.15, -0.1) is 24.0 Å². The zero-order chi connectivity index (χ0) is 22.8. The predicted molar refractivity (Wildman–Crippen MR) is 141 cm³/mol. The molecule has 2 aliphatic rings. The lowest BCUT2D eigenvalue weighted by molar-refractivity contribution is 0.0963. The number of amides is 1. The van der Waals surface area contributed by atoms with Crippen LogP contribution in [0, 0.1) is 5.82 Å². The summed E-state index contributed by atoms with van der Waals surface area (Å²) in [6.45, 7) is 12.0. The van der Waals surface area contributed by atoms with E-state index < -0.39 is 0 Å². The van der Waals surface area contributed by atoms with E-state index in [0.29, 0.717) is 25.7 Å². The summed E-state index contributed by atoms with van der Waals surface area (Å²) in [6.07, 6.45) is 1.55. The number of hydrogen-bond donors (Lipinski definition) is 2. The van der Waals surface area contributed by atoms with E-state index in [1.165, 1.54) is 12.1 Å². The lowest BCUT2D eigenvalue weighted by Crippen LogP contribution is -2.50. The maximum absolute atomic E-state index is 13.1. The molecule has 2 heterocycles. The molecule has 2 fully saturated rings. The molecule has 2 N–H and O–H groups in total. The fourth-order valence-corrected chi connectivity index (χ4v) is 4.12. The van der Waals surface area contributed by atoms with E-state index in [1.807, 2.05) is 19.1 Å². The van der Waals surface area contributed by atoms with E-state index in [0.717, 1.165) is 70.3 Å². The van der Waals surface area contributed by atoms with Gasteiger partial charge in [-0.05, 0) is 51.0 Å². The summed E-state index contributed by atoms with van der Waals surface area (Å²) in [5, 5.41) is 6.85. The first kappa shape index (κ1) is 27.4. The number of guanidine groups is 1. The van der Waals surface area contributed by atoms with Gasteiger partial charge in [0, 0.05) is 64.1 Å². The molecule has 186 valence electrons. The molecule has 1 aromatic carbocycles. The summed E-state index contributed by atoms with van der Waals surface area (Å²) >= 11 is 0. The van der Waals surface area contributed by atoms with E-state index in [1.54, 1.807) is 4.90 Å². The number of hydrogen-bond acceptors (Lipinski definition) is 5. The van der Waals surface area contributed by atoms with Crippen LogP contribution in [0.15, 0.2) is 29.3 Å². The van der Waals surface area contributed by atoms with Crippen LogP contribution in [0.5, 0.6) is 0 Å². The lowest BCUT2D eigenvalue weighted by Gasteiger charge is -2.36. The Kier molecular flexibility index (Phi) is 12.0. The van der Waals surface area contributed by atoms with Gasteiger partial charge < -0.3 is 25.2 Å². The number of aliphatic imine (C=N–C) groups is 1. The second-order valence-corrected chi connectivity index (χ2v) is 8.17. The van der Waals surface area contributed by atoms with Crippen molar-refractivity contribution in [1.29, 1.82) is 0 Å². The molecule has 1 amide bonds. The number of ether oxygens (including phenoxy) is 1. The van der Waals surface area contributed by atoms with Crippen LogP contribution in [-0.2, 0) is 4.74 Å². The van der Waals surface area contributed by atoms with Crippen LogP contribution >= 0.6 is 24.0 Å². The number of piperidine rings is 1. The van der Waals surface area contributed by atoms with Gasteiger partial charge in [0.15, 0.2) is 5.96 Å². The monoisotopic (exact) mass is 576 g/mol.